The van der Waals surface area contributed by atoms with Crippen molar-refractivity contribution >= 4 is 15.8 Å². The summed E-state index contributed by atoms with van der Waals surface area (Å²) >= 11 is 0. The molecule has 66 valence electrons. The van der Waals surface area contributed by atoms with Crippen LogP contribution >= 0.6 is 0 Å². The number of sulfonamides is 1. The van der Waals surface area contributed by atoms with Crippen LogP contribution in [0.25, 0.3) is 0 Å². The second kappa shape index (κ2) is 2.61. The lowest BCUT2D eigenvalue weighted by Crippen LogP contribution is -2.12. The fraction of sp³-hybridized carbons (Fsp3) is 0. The third-order valence-corrected chi connectivity index (χ3v) is 2.08. The highest BCUT2D eigenvalue weighted by atomic mass is 32.2. The quantitative estimate of drug-likeness (QED) is 0.524. The Hall–Kier alpha value is -1.34. The van der Waals surface area contributed by atoms with Crippen molar-refractivity contribution in [1.82, 2.24) is 4.98 Å². The first-order valence-corrected chi connectivity index (χ1v) is 4.43. The summed E-state index contributed by atoms with van der Waals surface area (Å²) in [6.45, 7) is 0. The van der Waals surface area contributed by atoms with E-state index in [2.05, 4.69) is 4.98 Å². The lowest BCUT2D eigenvalue weighted by atomic mass is 10.4. The van der Waals surface area contributed by atoms with Crippen LogP contribution in [0.1, 0.15) is 0 Å². The van der Waals surface area contributed by atoms with E-state index in [1.54, 1.807) is 0 Å². The Bertz CT molecular complexity index is 400. The molecular formula is C5H7N3O3S. The Morgan fingerprint density at radius 3 is 2.50 bits per heavy atom. The molecular weight excluding hydrogens is 182 g/mol. The largest absolute Gasteiger partial charge is 0.504 e. The molecule has 1 aromatic rings. The number of nitrogens with two attached hydrogens (primary N) is 2. The summed E-state index contributed by atoms with van der Waals surface area (Å²) in [5.74, 6) is -0.538. The van der Waals surface area contributed by atoms with Gasteiger partial charge >= 0.3 is 0 Å². The van der Waals surface area contributed by atoms with Crippen LogP contribution in [0.2, 0.25) is 0 Å². The van der Waals surface area contributed by atoms with Crippen molar-refractivity contribution < 1.29 is 13.5 Å². The topological polar surface area (TPSA) is 119 Å². The first kappa shape index (κ1) is 8.75. The zero-order valence-corrected chi connectivity index (χ0v) is 6.75. The van der Waals surface area contributed by atoms with Crippen molar-refractivity contribution in [2.24, 2.45) is 5.14 Å². The minimum absolute atomic E-state index is 0.137. The summed E-state index contributed by atoms with van der Waals surface area (Å²) in [6, 6.07) is 0.942. The Labute approximate surface area is 68.9 Å². The lowest BCUT2D eigenvalue weighted by molar-refractivity contribution is 0.473. The third-order valence-electron chi connectivity index (χ3n) is 1.20. The van der Waals surface area contributed by atoms with Crippen molar-refractivity contribution in [2.75, 3.05) is 5.73 Å². The zero-order valence-electron chi connectivity index (χ0n) is 5.93. The Balaban J connectivity index is 3.33. The number of pyridine rings is 1. The molecule has 0 radical (unpaired) electrons. The van der Waals surface area contributed by atoms with Gasteiger partial charge in [-0.3, -0.25) is 0 Å². The van der Waals surface area contributed by atoms with Gasteiger partial charge < -0.3 is 10.8 Å². The predicted octanol–water partition coefficient (Wildman–Crippen LogP) is -0.983. The van der Waals surface area contributed by atoms with Gasteiger partial charge in [-0.2, -0.15) is 0 Å². The van der Waals surface area contributed by atoms with Gasteiger partial charge in [0.15, 0.2) is 11.6 Å². The standard InChI is InChI=1S/C5H7N3O3S/c6-5-4(9)1-3(2-8-5)12(7,10)11/h1-2,9H,(H2,6,8)(H2,7,10,11). The third kappa shape index (κ3) is 1.63. The second-order valence-corrected chi connectivity index (χ2v) is 3.68. The maximum Gasteiger partial charge on any atom is 0.239 e. The Morgan fingerprint density at radius 1 is 1.50 bits per heavy atom. The van der Waals surface area contributed by atoms with Crippen molar-refractivity contribution in [3.8, 4) is 5.75 Å². The number of aromatic hydroxyl groups is 1. The first-order valence-electron chi connectivity index (χ1n) is 2.88. The van der Waals surface area contributed by atoms with E-state index >= 15 is 0 Å². The number of rotatable bonds is 1. The molecule has 0 fully saturated rings. The average Bonchev–Trinajstić information content (AvgIpc) is 1.92. The summed E-state index contributed by atoms with van der Waals surface area (Å²) in [4.78, 5) is 3.14. The number of anilines is 1. The minimum atomic E-state index is -3.82. The number of nitrogen functional groups attached to an aromatic ring is 1. The van der Waals surface area contributed by atoms with E-state index in [4.69, 9.17) is 16.0 Å². The van der Waals surface area contributed by atoms with Crippen molar-refractivity contribution in [3.63, 3.8) is 0 Å². The van der Waals surface area contributed by atoms with Gasteiger partial charge in [0.2, 0.25) is 10.0 Å². The van der Waals surface area contributed by atoms with E-state index in [-0.39, 0.29) is 10.7 Å². The fourth-order valence-corrected chi connectivity index (χ4v) is 1.08. The number of primary sulfonamides is 1. The van der Waals surface area contributed by atoms with Gasteiger partial charge in [-0.15, -0.1) is 0 Å². The minimum Gasteiger partial charge on any atom is -0.504 e. The van der Waals surface area contributed by atoms with Gasteiger partial charge in [0, 0.05) is 12.3 Å². The molecule has 0 saturated carbocycles. The molecule has 1 rings (SSSR count). The molecule has 0 atom stereocenters. The highest BCUT2D eigenvalue weighted by Gasteiger charge is 2.10. The highest BCUT2D eigenvalue weighted by Crippen LogP contribution is 2.19. The molecule has 0 aliphatic rings. The van der Waals surface area contributed by atoms with Gasteiger partial charge in [0.25, 0.3) is 0 Å². The Kier molecular flexibility index (Phi) is 1.90. The van der Waals surface area contributed by atoms with Crippen LogP contribution in [0.15, 0.2) is 17.2 Å². The maximum absolute atomic E-state index is 10.7. The monoisotopic (exact) mass is 189 g/mol. The van der Waals surface area contributed by atoms with Crippen LogP contribution in [0.4, 0.5) is 5.82 Å². The molecule has 1 aromatic heterocycles. The normalized spacial score (nSPS) is 11.4. The van der Waals surface area contributed by atoms with Gasteiger partial charge in [0.1, 0.15) is 4.90 Å². The predicted molar refractivity (Wildman–Crippen MR) is 41.7 cm³/mol. The van der Waals surface area contributed by atoms with Crippen LogP contribution in [-0.2, 0) is 10.0 Å². The molecule has 0 aliphatic heterocycles. The molecule has 0 spiro atoms. The van der Waals surface area contributed by atoms with Crippen LogP contribution in [0.3, 0.4) is 0 Å². The summed E-state index contributed by atoms with van der Waals surface area (Å²) < 4.78 is 21.4. The molecule has 0 unspecified atom stereocenters. The zero-order chi connectivity index (χ0) is 9.35. The maximum atomic E-state index is 10.7. The summed E-state index contributed by atoms with van der Waals surface area (Å²) in [5, 5.41) is 13.7. The highest BCUT2D eigenvalue weighted by molar-refractivity contribution is 7.89. The van der Waals surface area contributed by atoms with Gasteiger partial charge in [-0.1, -0.05) is 0 Å². The van der Waals surface area contributed by atoms with Crippen LogP contribution < -0.4 is 10.9 Å². The van der Waals surface area contributed by atoms with E-state index < -0.39 is 15.8 Å². The molecule has 12 heavy (non-hydrogen) atoms. The first-order chi connectivity index (χ1) is 5.41. The van der Waals surface area contributed by atoms with Crippen LogP contribution in [0.5, 0.6) is 5.75 Å². The smallest absolute Gasteiger partial charge is 0.239 e. The molecule has 0 bridgehead atoms. The van der Waals surface area contributed by atoms with Gasteiger partial charge in [-0.25, -0.2) is 18.5 Å². The van der Waals surface area contributed by atoms with Crippen molar-refractivity contribution in [2.45, 2.75) is 4.90 Å². The van der Waals surface area contributed by atoms with Crippen LogP contribution in [-0.4, -0.2) is 18.5 Å². The molecule has 6 nitrogen and oxygen atoms in total. The van der Waals surface area contributed by atoms with Gasteiger partial charge in [-0.05, 0) is 0 Å². The number of aromatic nitrogens is 1. The van der Waals surface area contributed by atoms with E-state index in [0.717, 1.165) is 12.3 Å². The molecule has 5 N–H and O–H groups in total. The lowest BCUT2D eigenvalue weighted by Gasteiger charge is -1.99. The number of hydrogen-bond acceptors (Lipinski definition) is 5. The summed E-state index contributed by atoms with van der Waals surface area (Å²) in [5.41, 5.74) is 5.14. The van der Waals surface area contributed by atoms with E-state index in [9.17, 15) is 8.42 Å². The van der Waals surface area contributed by atoms with Crippen molar-refractivity contribution in [1.29, 1.82) is 0 Å². The van der Waals surface area contributed by atoms with E-state index in [0.29, 0.717) is 0 Å². The second-order valence-electron chi connectivity index (χ2n) is 2.12. The molecule has 0 aliphatic carbocycles. The summed E-state index contributed by atoms with van der Waals surface area (Å²) in [6.07, 6.45) is 0.977. The fourth-order valence-electron chi connectivity index (χ4n) is 0.601. The van der Waals surface area contributed by atoms with Crippen molar-refractivity contribution in [3.05, 3.63) is 12.3 Å². The number of nitrogens with zero attached hydrogens (tertiary/aromatic N) is 1. The molecule has 1 heterocycles. The summed E-state index contributed by atoms with van der Waals surface area (Å²) in [7, 11) is -3.82. The molecule has 7 heteroatoms. The van der Waals surface area contributed by atoms with E-state index in [1.807, 2.05) is 0 Å². The average molecular weight is 189 g/mol. The van der Waals surface area contributed by atoms with Gasteiger partial charge in [0.05, 0.1) is 0 Å². The number of hydrogen-bond donors (Lipinski definition) is 3. The molecule has 0 amide bonds. The van der Waals surface area contributed by atoms with Crippen LogP contribution in [0, 0.1) is 0 Å². The Morgan fingerprint density at radius 2 is 2.08 bits per heavy atom. The molecule has 0 saturated heterocycles. The molecule has 0 aromatic carbocycles. The SMILES string of the molecule is Nc1ncc(S(N)(=O)=O)cc1O. The van der Waals surface area contributed by atoms with E-state index in [1.165, 1.54) is 0 Å².